The van der Waals surface area contributed by atoms with Gasteiger partial charge in [0.25, 0.3) is 0 Å². The van der Waals surface area contributed by atoms with Crippen LogP contribution in [-0.4, -0.2) is 16.0 Å². The summed E-state index contributed by atoms with van der Waals surface area (Å²) in [6.07, 6.45) is 5.56. The highest BCUT2D eigenvalue weighted by atomic mass is 15.0. The molecule has 1 rings (SSSR count). The standard InChI is InChI=1S/C9H15N3/c1-3-8(4-2)12-9-5-6-10-7-11-9/h5-8H,3-4H2,1-2H3,(H,10,11,12). The molecule has 3 heteroatoms. The Morgan fingerprint density at radius 3 is 2.67 bits per heavy atom. The highest BCUT2D eigenvalue weighted by Crippen LogP contribution is 2.06. The van der Waals surface area contributed by atoms with Gasteiger partial charge in [-0.05, 0) is 18.9 Å². The zero-order valence-electron chi connectivity index (χ0n) is 7.62. The van der Waals surface area contributed by atoms with Gasteiger partial charge in [0.15, 0.2) is 0 Å². The molecule has 12 heavy (non-hydrogen) atoms. The van der Waals surface area contributed by atoms with Gasteiger partial charge in [0, 0.05) is 12.2 Å². The lowest BCUT2D eigenvalue weighted by Crippen LogP contribution is -2.17. The predicted octanol–water partition coefficient (Wildman–Crippen LogP) is 2.08. The molecule has 0 radical (unpaired) electrons. The first-order chi connectivity index (χ1) is 5.86. The summed E-state index contributed by atoms with van der Waals surface area (Å²) in [6, 6.07) is 2.41. The fraction of sp³-hybridized carbons (Fsp3) is 0.556. The van der Waals surface area contributed by atoms with Crippen molar-refractivity contribution in [3.05, 3.63) is 18.6 Å². The molecular formula is C9H15N3. The molecule has 0 amide bonds. The van der Waals surface area contributed by atoms with Gasteiger partial charge in [-0.2, -0.15) is 0 Å². The van der Waals surface area contributed by atoms with E-state index in [4.69, 9.17) is 0 Å². The summed E-state index contributed by atoms with van der Waals surface area (Å²) in [4.78, 5) is 7.95. The van der Waals surface area contributed by atoms with Gasteiger partial charge in [0.2, 0.25) is 0 Å². The van der Waals surface area contributed by atoms with Crippen LogP contribution in [0.2, 0.25) is 0 Å². The summed E-state index contributed by atoms with van der Waals surface area (Å²) < 4.78 is 0. The third-order valence-corrected chi connectivity index (χ3v) is 1.92. The van der Waals surface area contributed by atoms with E-state index in [0.29, 0.717) is 6.04 Å². The molecule has 3 nitrogen and oxygen atoms in total. The van der Waals surface area contributed by atoms with E-state index in [1.165, 1.54) is 0 Å². The second-order valence-corrected chi connectivity index (χ2v) is 2.75. The second kappa shape index (κ2) is 4.70. The van der Waals surface area contributed by atoms with Crippen molar-refractivity contribution in [3.8, 4) is 0 Å². The first-order valence-electron chi connectivity index (χ1n) is 4.39. The number of rotatable bonds is 4. The lowest BCUT2D eigenvalue weighted by Gasteiger charge is -2.14. The maximum absolute atomic E-state index is 4.09. The van der Waals surface area contributed by atoms with Crippen LogP contribution in [0.25, 0.3) is 0 Å². The Bertz CT molecular complexity index is 206. The van der Waals surface area contributed by atoms with Crippen LogP contribution in [-0.2, 0) is 0 Å². The quantitative estimate of drug-likeness (QED) is 0.742. The summed E-state index contributed by atoms with van der Waals surface area (Å²) in [7, 11) is 0. The van der Waals surface area contributed by atoms with Crippen LogP contribution in [0.4, 0.5) is 5.82 Å². The minimum absolute atomic E-state index is 0.528. The van der Waals surface area contributed by atoms with Crippen molar-refractivity contribution >= 4 is 5.82 Å². The number of aromatic nitrogens is 2. The van der Waals surface area contributed by atoms with Crippen LogP contribution < -0.4 is 5.32 Å². The van der Waals surface area contributed by atoms with Gasteiger partial charge in [-0.25, -0.2) is 9.97 Å². The Kier molecular flexibility index (Phi) is 3.51. The topological polar surface area (TPSA) is 37.8 Å². The monoisotopic (exact) mass is 165 g/mol. The van der Waals surface area contributed by atoms with Crippen LogP contribution >= 0.6 is 0 Å². The molecule has 0 saturated heterocycles. The van der Waals surface area contributed by atoms with E-state index in [1.54, 1.807) is 12.5 Å². The summed E-state index contributed by atoms with van der Waals surface area (Å²) >= 11 is 0. The van der Waals surface area contributed by atoms with Crippen molar-refractivity contribution in [2.24, 2.45) is 0 Å². The minimum Gasteiger partial charge on any atom is -0.367 e. The molecular weight excluding hydrogens is 150 g/mol. The number of nitrogens with one attached hydrogen (secondary N) is 1. The lowest BCUT2D eigenvalue weighted by molar-refractivity contribution is 0.668. The van der Waals surface area contributed by atoms with E-state index in [0.717, 1.165) is 18.7 Å². The average molecular weight is 165 g/mol. The maximum atomic E-state index is 4.09. The largest absolute Gasteiger partial charge is 0.367 e. The highest BCUT2D eigenvalue weighted by Gasteiger charge is 2.01. The number of anilines is 1. The molecule has 1 heterocycles. The normalized spacial score (nSPS) is 10.2. The first kappa shape index (κ1) is 8.97. The van der Waals surface area contributed by atoms with E-state index >= 15 is 0 Å². The first-order valence-corrected chi connectivity index (χ1v) is 4.39. The van der Waals surface area contributed by atoms with E-state index < -0.39 is 0 Å². The zero-order chi connectivity index (χ0) is 8.81. The Morgan fingerprint density at radius 1 is 1.42 bits per heavy atom. The van der Waals surface area contributed by atoms with Gasteiger partial charge in [-0.3, -0.25) is 0 Å². The Morgan fingerprint density at radius 2 is 2.17 bits per heavy atom. The van der Waals surface area contributed by atoms with Crippen LogP contribution in [0, 0.1) is 0 Å². The van der Waals surface area contributed by atoms with Crippen molar-refractivity contribution < 1.29 is 0 Å². The van der Waals surface area contributed by atoms with Crippen molar-refractivity contribution in [1.29, 1.82) is 0 Å². The predicted molar refractivity (Wildman–Crippen MR) is 50.0 cm³/mol. The van der Waals surface area contributed by atoms with Crippen LogP contribution in [0.1, 0.15) is 26.7 Å². The molecule has 0 aromatic carbocycles. The molecule has 0 bridgehead atoms. The number of nitrogens with zero attached hydrogens (tertiary/aromatic N) is 2. The fourth-order valence-corrected chi connectivity index (χ4v) is 1.08. The fourth-order valence-electron chi connectivity index (χ4n) is 1.08. The zero-order valence-corrected chi connectivity index (χ0v) is 7.62. The molecule has 66 valence electrons. The van der Waals surface area contributed by atoms with E-state index in [-0.39, 0.29) is 0 Å². The summed E-state index contributed by atoms with van der Waals surface area (Å²) in [5, 5.41) is 3.33. The molecule has 0 atom stereocenters. The molecule has 0 aliphatic carbocycles. The van der Waals surface area contributed by atoms with Crippen molar-refractivity contribution in [2.75, 3.05) is 5.32 Å². The van der Waals surface area contributed by atoms with Crippen molar-refractivity contribution in [1.82, 2.24) is 9.97 Å². The smallest absolute Gasteiger partial charge is 0.129 e. The Balaban J connectivity index is 2.51. The number of hydrogen-bond donors (Lipinski definition) is 1. The van der Waals surface area contributed by atoms with E-state index in [9.17, 15) is 0 Å². The van der Waals surface area contributed by atoms with Gasteiger partial charge in [0.05, 0.1) is 0 Å². The molecule has 0 aliphatic rings. The van der Waals surface area contributed by atoms with Gasteiger partial charge in [-0.1, -0.05) is 13.8 Å². The summed E-state index contributed by atoms with van der Waals surface area (Å²) in [5.74, 6) is 0.915. The van der Waals surface area contributed by atoms with E-state index in [2.05, 4.69) is 29.1 Å². The van der Waals surface area contributed by atoms with Crippen LogP contribution in [0.3, 0.4) is 0 Å². The minimum atomic E-state index is 0.528. The molecule has 0 fully saturated rings. The van der Waals surface area contributed by atoms with Crippen LogP contribution in [0.15, 0.2) is 18.6 Å². The van der Waals surface area contributed by atoms with Gasteiger partial charge in [-0.15, -0.1) is 0 Å². The third kappa shape index (κ3) is 2.49. The van der Waals surface area contributed by atoms with Crippen molar-refractivity contribution in [3.63, 3.8) is 0 Å². The lowest BCUT2D eigenvalue weighted by atomic mass is 10.2. The van der Waals surface area contributed by atoms with Crippen LogP contribution in [0.5, 0.6) is 0 Å². The Hall–Kier alpha value is -1.12. The Labute approximate surface area is 73.2 Å². The average Bonchev–Trinajstić information content (AvgIpc) is 2.16. The molecule has 1 aromatic heterocycles. The van der Waals surface area contributed by atoms with E-state index in [1.807, 2.05) is 6.07 Å². The molecule has 0 saturated carbocycles. The maximum Gasteiger partial charge on any atom is 0.129 e. The molecule has 1 aromatic rings. The van der Waals surface area contributed by atoms with Gasteiger partial charge < -0.3 is 5.32 Å². The molecule has 1 N–H and O–H groups in total. The third-order valence-electron chi connectivity index (χ3n) is 1.92. The highest BCUT2D eigenvalue weighted by molar-refractivity contribution is 5.32. The molecule has 0 unspecified atom stereocenters. The van der Waals surface area contributed by atoms with Gasteiger partial charge >= 0.3 is 0 Å². The molecule has 0 aliphatic heterocycles. The number of hydrogen-bond acceptors (Lipinski definition) is 3. The van der Waals surface area contributed by atoms with Crippen molar-refractivity contribution in [2.45, 2.75) is 32.7 Å². The summed E-state index contributed by atoms with van der Waals surface area (Å²) in [6.45, 7) is 4.34. The second-order valence-electron chi connectivity index (χ2n) is 2.75. The summed E-state index contributed by atoms with van der Waals surface area (Å²) in [5.41, 5.74) is 0. The SMILES string of the molecule is CCC(CC)Nc1ccncn1. The molecule has 0 spiro atoms. The van der Waals surface area contributed by atoms with Gasteiger partial charge in [0.1, 0.15) is 12.1 Å².